The summed E-state index contributed by atoms with van der Waals surface area (Å²) in [7, 11) is 3.13. The fourth-order valence-corrected chi connectivity index (χ4v) is 5.62. The van der Waals surface area contributed by atoms with Crippen LogP contribution in [0.25, 0.3) is 0 Å². The van der Waals surface area contributed by atoms with Gasteiger partial charge in [-0.2, -0.15) is 0 Å². The van der Waals surface area contributed by atoms with Crippen LogP contribution in [0.4, 0.5) is 22.7 Å². The van der Waals surface area contributed by atoms with Crippen molar-refractivity contribution in [3.63, 3.8) is 0 Å². The topological polar surface area (TPSA) is 48.1 Å². The van der Waals surface area contributed by atoms with E-state index in [1.807, 2.05) is 48.5 Å². The van der Waals surface area contributed by atoms with Crippen LogP contribution in [-0.2, 0) is 0 Å². The largest absolute Gasteiger partial charge is 0.343 e. The Kier molecular flexibility index (Phi) is 3.52. The fraction of sp³-hybridized carbons (Fsp3) is 0.143. The number of thiol groups is 2. The standard InChI is InChI=1S/C14H14N4S4/c19-13(15-9-5-1-2-6-10(9)16-13)21-22-14(20)17-11-7-3-4-8-12(11)18-14/h1-8,15-20H. The average molecular weight is 367 g/mol. The number of nitrogens with one attached hydrogen (secondary N) is 4. The van der Waals surface area contributed by atoms with Gasteiger partial charge in [0.05, 0.1) is 22.7 Å². The van der Waals surface area contributed by atoms with Crippen LogP contribution in [0.15, 0.2) is 48.5 Å². The van der Waals surface area contributed by atoms with Gasteiger partial charge in [-0.15, -0.1) is 25.3 Å². The minimum absolute atomic E-state index is 0.581. The van der Waals surface area contributed by atoms with Gasteiger partial charge >= 0.3 is 0 Å². The lowest BCUT2D eigenvalue weighted by molar-refractivity contribution is 1.13. The number of rotatable bonds is 3. The molecule has 2 heterocycles. The highest BCUT2D eigenvalue weighted by molar-refractivity contribution is 8.80. The Balaban J connectivity index is 1.44. The maximum atomic E-state index is 4.73. The molecule has 4 N–H and O–H groups in total. The van der Waals surface area contributed by atoms with Crippen LogP contribution in [-0.4, -0.2) is 8.65 Å². The minimum Gasteiger partial charge on any atom is -0.343 e. The van der Waals surface area contributed by atoms with Gasteiger partial charge in [0, 0.05) is 0 Å². The fourth-order valence-electron chi connectivity index (χ4n) is 2.40. The molecule has 0 aromatic heterocycles. The second kappa shape index (κ2) is 5.30. The zero-order valence-corrected chi connectivity index (χ0v) is 14.8. The Bertz CT molecular complexity index is 612. The van der Waals surface area contributed by atoms with Crippen LogP contribution in [0, 0.1) is 0 Å². The molecule has 4 rings (SSSR count). The maximum Gasteiger partial charge on any atom is 0.213 e. The van der Waals surface area contributed by atoms with Gasteiger partial charge in [0.15, 0.2) is 0 Å². The second-order valence-electron chi connectivity index (χ2n) is 5.05. The summed E-state index contributed by atoms with van der Waals surface area (Å²) in [5.74, 6) is 0. The summed E-state index contributed by atoms with van der Waals surface area (Å²) >= 11 is 9.46. The predicted octanol–water partition coefficient (Wildman–Crippen LogP) is 4.53. The van der Waals surface area contributed by atoms with E-state index >= 15 is 0 Å². The summed E-state index contributed by atoms with van der Waals surface area (Å²) < 4.78 is -1.16. The molecule has 0 fully saturated rings. The van der Waals surface area contributed by atoms with Crippen LogP contribution in [0.2, 0.25) is 0 Å². The molecular formula is C14H14N4S4. The first-order valence-corrected chi connectivity index (χ1v) is 9.72. The molecule has 0 unspecified atom stereocenters. The van der Waals surface area contributed by atoms with E-state index in [1.54, 1.807) is 21.6 Å². The Labute approximate surface area is 147 Å². The van der Waals surface area contributed by atoms with Crippen molar-refractivity contribution in [1.29, 1.82) is 0 Å². The van der Waals surface area contributed by atoms with E-state index < -0.39 is 8.65 Å². The van der Waals surface area contributed by atoms with Crippen molar-refractivity contribution in [1.82, 2.24) is 0 Å². The molecule has 0 aliphatic carbocycles. The normalized spacial score (nSPS) is 19.2. The molecule has 2 aliphatic heterocycles. The first-order valence-electron chi connectivity index (χ1n) is 6.68. The maximum absolute atomic E-state index is 4.73. The van der Waals surface area contributed by atoms with Gasteiger partial charge in [-0.3, -0.25) is 0 Å². The summed E-state index contributed by atoms with van der Waals surface area (Å²) in [6.45, 7) is 0. The molecule has 114 valence electrons. The average Bonchev–Trinajstić information content (AvgIpc) is 3.01. The van der Waals surface area contributed by atoms with Gasteiger partial charge in [-0.05, 0) is 45.9 Å². The summed E-state index contributed by atoms with van der Waals surface area (Å²) in [6.07, 6.45) is 0. The number of benzene rings is 2. The summed E-state index contributed by atoms with van der Waals surface area (Å²) in [6, 6.07) is 16.1. The molecular weight excluding hydrogens is 352 g/mol. The summed E-state index contributed by atoms with van der Waals surface area (Å²) in [5.41, 5.74) is 4.20. The van der Waals surface area contributed by atoms with E-state index in [2.05, 4.69) is 21.3 Å². The molecule has 0 saturated heterocycles. The van der Waals surface area contributed by atoms with Crippen LogP contribution in [0.1, 0.15) is 0 Å². The third kappa shape index (κ3) is 2.68. The van der Waals surface area contributed by atoms with Crippen molar-refractivity contribution in [2.45, 2.75) is 8.65 Å². The number of hydrogen-bond donors (Lipinski definition) is 6. The Hall–Kier alpha value is -0.960. The van der Waals surface area contributed by atoms with Crippen LogP contribution in [0.5, 0.6) is 0 Å². The molecule has 8 heteroatoms. The summed E-state index contributed by atoms with van der Waals surface area (Å²) in [5, 5.41) is 13.5. The Morgan fingerprint density at radius 1 is 0.591 bits per heavy atom. The molecule has 22 heavy (non-hydrogen) atoms. The van der Waals surface area contributed by atoms with Gasteiger partial charge in [0.2, 0.25) is 8.65 Å². The van der Waals surface area contributed by atoms with Crippen LogP contribution < -0.4 is 21.3 Å². The van der Waals surface area contributed by atoms with Crippen molar-refractivity contribution >= 4 is 69.6 Å². The van der Waals surface area contributed by atoms with E-state index in [9.17, 15) is 0 Å². The van der Waals surface area contributed by atoms with Gasteiger partial charge in [-0.1, -0.05) is 24.3 Å². The van der Waals surface area contributed by atoms with Crippen molar-refractivity contribution in [2.24, 2.45) is 0 Å². The molecule has 0 bridgehead atoms. The molecule has 2 aromatic rings. The monoisotopic (exact) mass is 366 g/mol. The second-order valence-corrected chi connectivity index (χ2v) is 9.55. The van der Waals surface area contributed by atoms with Gasteiger partial charge in [-0.25, -0.2) is 0 Å². The number of para-hydroxylation sites is 4. The Morgan fingerprint density at radius 2 is 0.864 bits per heavy atom. The number of fused-ring (bicyclic) bond motifs is 2. The lowest BCUT2D eigenvalue weighted by atomic mass is 10.3. The molecule has 2 aromatic carbocycles. The molecule has 0 radical (unpaired) electrons. The van der Waals surface area contributed by atoms with E-state index in [0.29, 0.717) is 0 Å². The first kappa shape index (κ1) is 14.6. The lowest BCUT2D eigenvalue weighted by Crippen LogP contribution is -2.35. The van der Waals surface area contributed by atoms with E-state index in [0.717, 1.165) is 22.7 Å². The molecule has 2 aliphatic rings. The highest BCUT2D eigenvalue weighted by Gasteiger charge is 2.40. The van der Waals surface area contributed by atoms with E-state index in [-0.39, 0.29) is 0 Å². The number of anilines is 4. The van der Waals surface area contributed by atoms with Crippen molar-refractivity contribution in [3.8, 4) is 0 Å². The van der Waals surface area contributed by atoms with E-state index in [4.69, 9.17) is 25.3 Å². The smallest absolute Gasteiger partial charge is 0.213 e. The van der Waals surface area contributed by atoms with Gasteiger partial charge < -0.3 is 21.3 Å². The highest BCUT2D eigenvalue weighted by Crippen LogP contribution is 2.53. The summed E-state index contributed by atoms with van der Waals surface area (Å²) in [4.78, 5) is 0. The molecule has 0 saturated carbocycles. The Morgan fingerprint density at radius 3 is 1.14 bits per heavy atom. The van der Waals surface area contributed by atoms with Crippen LogP contribution >= 0.6 is 46.8 Å². The molecule has 4 nitrogen and oxygen atoms in total. The van der Waals surface area contributed by atoms with E-state index in [1.165, 1.54) is 0 Å². The third-order valence-corrected chi connectivity index (χ3v) is 7.81. The number of hydrogen-bond acceptors (Lipinski definition) is 8. The highest BCUT2D eigenvalue weighted by atomic mass is 33.1. The molecule has 0 atom stereocenters. The zero-order chi connectivity index (χ0) is 15.2. The first-order chi connectivity index (χ1) is 10.6. The quantitative estimate of drug-likeness (QED) is 0.273. The van der Waals surface area contributed by atoms with Gasteiger partial charge in [0.1, 0.15) is 0 Å². The lowest BCUT2D eigenvalue weighted by Gasteiger charge is -2.29. The van der Waals surface area contributed by atoms with Crippen molar-refractivity contribution < 1.29 is 0 Å². The SMILES string of the molecule is SC1(SSC2(S)Nc3ccccc3N2)Nc2ccccc2N1. The predicted molar refractivity (Wildman–Crippen MR) is 106 cm³/mol. The third-order valence-electron chi connectivity index (χ3n) is 3.35. The molecule has 0 spiro atoms. The van der Waals surface area contributed by atoms with Crippen molar-refractivity contribution in [3.05, 3.63) is 48.5 Å². The van der Waals surface area contributed by atoms with Gasteiger partial charge in [0.25, 0.3) is 0 Å². The van der Waals surface area contributed by atoms with Crippen molar-refractivity contribution in [2.75, 3.05) is 21.3 Å². The zero-order valence-electron chi connectivity index (χ0n) is 11.3. The van der Waals surface area contributed by atoms with Crippen LogP contribution in [0.3, 0.4) is 0 Å². The minimum atomic E-state index is -0.581. The molecule has 0 amide bonds.